The molecule has 2 atom stereocenters. The number of hydrogen-bond acceptors (Lipinski definition) is 6. The summed E-state index contributed by atoms with van der Waals surface area (Å²) in [6, 6.07) is 8.79. The van der Waals surface area contributed by atoms with E-state index in [1.165, 1.54) is 16.7 Å². The minimum atomic E-state index is -3.67. The fraction of sp³-hybridized carbons (Fsp3) is 0.421. The predicted octanol–water partition coefficient (Wildman–Crippen LogP) is 2.79. The van der Waals surface area contributed by atoms with Crippen LogP contribution >= 0.6 is 0 Å². The van der Waals surface area contributed by atoms with Crippen molar-refractivity contribution in [2.45, 2.75) is 24.8 Å². The van der Waals surface area contributed by atoms with Gasteiger partial charge in [-0.25, -0.2) is 0 Å². The summed E-state index contributed by atoms with van der Waals surface area (Å²) < 4.78 is 44.4. The summed E-state index contributed by atoms with van der Waals surface area (Å²) in [5.41, 5.74) is 0. The lowest BCUT2D eigenvalue weighted by Crippen LogP contribution is -2.44. The number of methoxy groups -OCH3 is 1. The van der Waals surface area contributed by atoms with Crippen molar-refractivity contribution in [1.29, 1.82) is 0 Å². The Labute approximate surface area is 160 Å². The number of benzene rings is 1. The van der Waals surface area contributed by atoms with Crippen molar-refractivity contribution >= 4 is 10.4 Å². The van der Waals surface area contributed by atoms with Crippen LogP contribution in [0.1, 0.15) is 13.8 Å². The highest BCUT2D eigenvalue weighted by Crippen LogP contribution is 2.34. The summed E-state index contributed by atoms with van der Waals surface area (Å²) in [5, 5.41) is 0. The van der Waals surface area contributed by atoms with Crippen LogP contribution in [0.5, 0.6) is 17.2 Å². The van der Waals surface area contributed by atoms with Crippen molar-refractivity contribution in [2.75, 3.05) is 26.8 Å². The second-order valence-electron chi connectivity index (χ2n) is 6.76. The number of sulfonamides is 1. The third kappa shape index (κ3) is 4.58. The smallest absolute Gasteiger partial charge is 0.235 e. The molecule has 2 unspecified atom stereocenters. The molecule has 3 rings (SSSR count). The van der Waals surface area contributed by atoms with Crippen molar-refractivity contribution in [2.24, 2.45) is 5.92 Å². The molecule has 27 heavy (non-hydrogen) atoms. The maximum Gasteiger partial charge on any atom is 0.235 e. The zero-order valence-electron chi connectivity index (χ0n) is 15.7. The van der Waals surface area contributed by atoms with Gasteiger partial charge in [-0.1, -0.05) is 18.1 Å². The molecule has 0 radical (unpaired) electrons. The molecule has 0 saturated heterocycles. The van der Waals surface area contributed by atoms with Gasteiger partial charge in [0.05, 0.1) is 19.9 Å². The van der Waals surface area contributed by atoms with E-state index in [0.717, 1.165) is 5.75 Å². The monoisotopic (exact) mass is 392 g/mol. The van der Waals surface area contributed by atoms with Crippen molar-refractivity contribution < 1.29 is 23.0 Å². The molecule has 0 N–H and O–H groups in total. The SMILES string of the molecule is COc1ccc(OCC2CN(CC(C)C)[S+](=O)([O-])c3cnccc3O2)cc1. The zero-order valence-corrected chi connectivity index (χ0v) is 16.5. The molecule has 1 aromatic heterocycles. The lowest BCUT2D eigenvalue weighted by Gasteiger charge is -2.27. The summed E-state index contributed by atoms with van der Waals surface area (Å²) >= 11 is 0. The van der Waals surface area contributed by atoms with Crippen LogP contribution in [0.15, 0.2) is 47.6 Å². The van der Waals surface area contributed by atoms with Crippen molar-refractivity contribution in [3.05, 3.63) is 42.7 Å². The van der Waals surface area contributed by atoms with Gasteiger partial charge in [0.2, 0.25) is 4.90 Å². The van der Waals surface area contributed by atoms with E-state index in [4.69, 9.17) is 14.2 Å². The largest absolute Gasteiger partial charge is 0.593 e. The van der Waals surface area contributed by atoms with Gasteiger partial charge in [0.15, 0.2) is 16.1 Å². The van der Waals surface area contributed by atoms with Crippen molar-refractivity contribution in [3.8, 4) is 17.2 Å². The van der Waals surface area contributed by atoms with Crippen LogP contribution in [0.2, 0.25) is 0 Å². The molecule has 0 saturated carbocycles. The Kier molecular flexibility index (Phi) is 5.98. The Morgan fingerprint density at radius 2 is 2.00 bits per heavy atom. The minimum Gasteiger partial charge on any atom is -0.593 e. The normalized spacial score (nSPS) is 22.6. The van der Waals surface area contributed by atoms with E-state index in [1.54, 1.807) is 37.4 Å². The number of fused-ring (bicyclic) bond motifs is 1. The molecule has 1 aliphatic heterocycles. The number of rotatable bonds is 6. The summed E-state index contributed by atoms with van der Waals surface area (Å²) in [6.45, 7) is 4.80. The van der Waals surface area contributed by atoms with Gasteiger partial charge in [0, 0.05) is 18.8 Å². The van der Waals surface area contributed by atoms with E-state index >= 15 is 0 Å². The number of nitrogens with zero attached hydrogens (tertiary/aromatic N) is 2. The summed E-state index contributed by atoms with van der Waals surface area (Å²) in [6.07, 6.45) is 2.42. The van der Waals surface area contributed by atoms with E-state index in [0.29, 0.717) is 18.0 Å². The Balaban J connectivity index is 1.80. The molecule has 0 spiro atoms. The van der Waals surface area contributed by atoms with Gasteiger partial charge in [-0.05, 0) is 30.2 Å². The van der Waals surface area contributed by atoms with Gasteiger partial charge >= 0.3 is 0 Å². The first-order chi connectivity index (χ1) is 12.9. The standard InChI is InChI=1S/C19H24N2O5S/c1-14(2)11-21-12-17(13-25-16-6-4-15(24-3)5-7-16)26-18-8-9-20-10-19(18)27(21,22)23/h4-10,14,17H,11-13H2,1-3H3. The van der Waals surface area contributed by atoms with Crippen LogP contribution < -0.4 is 14.2 Å². The van der Waals surface area contributed by atoms with E-state index in [1.807, 2.05) is 13.8 Å². The summed E-state index contributed by atoms with van der Waals surface area (Å²) in [5.74, 6) is 1.89. The third-order valence-corrected chi connectivity index (χ3v) is 5.97. The lowest BCUT2D eigenvalue weighted by molar-refractivity contribution is 0.108. The Bertz CT molecular complexity index is 812. The number of ether oxygens (including phenoxy) is 3. The molecule has 0 amide bonds. The van der Waals surface area contributed by atoms with E-state index in [2.05, 4.69) is 4.98 Å². The highest BCUT2D eigenvalue weighted by molar-refractivity contribution is 7.95. The first kappa shape index (κ1) is 19.6. The quantitative estimate of drug-likeness (QED) is 0.703. The molecule has 0 aliphatic carbocycles. The van der Waals surface area contributed by atoms with Gasteiger partial charge in [-0.2, -0.15) is 0 Å². The Hall–Kier alpha value is -2.16. The maximum absolute atomic E-state index is 13.0. The molecule has 8 heteroatoms. The van der Waals surface area contributed by atoms with E-state index in [9.17, 15) is 8.76 Å². The molecule has 0 fully saturated rings. The fourth-order valence-electron chi connectivity index (χ4n) is 2.87. The molecule has 1 aliphatic rings. The topological polar surface area (TPSA) is 84.0 Å². The Morgan fingerprint density at radius 3 is 2.67 bits per heavy atom. The van der Waals surface area contributed by atoms with Crippen LogP contribution in [0, 0.1) is 5.92 Å². The average molecular weight is 392 g/mol. The fourth-order valence-corrected chi connectivity index (χ4v) is 4.57. The molecule has 2 heterocycles. The lowest BCUT2D eigenvalue weighted by atomic mass is 10.2. The minimum absolute atomic E-state index is 0.0950. The highest BCUT2D eigenvalue weighted by atomic mass is 32.3. The van der Waals surface area contributed by atoms with Crippen molar-refractivity contribution in [1.82, 2.24) is 9.29 Å². The molecule has 2 aromatic rings. The van der Waals surface area contributed by atoms with E-state index < -0.39 is 16.5 Å². The molecule has 0 bridgehead atoms. The first-order valence-electron chi connectivity index (χ1n) is 8.78. The predicted molar refractivity (Wildman–Crippen MR) is 101 cm³/mol. The molecule has 1 aromatic carbocycles. The van der Waals surface area contributed by atoms with Gasteiger partial charge in [0.1, 0.15) is 24.2 Å². The van der Waals surface area contributed by atoms with Gasteiger partial charge in [-0.15, -0.1) is 4.31 Å². The zero-order chi connectivity index (χ0) is 19.4. The second-order valence-corrected chi connectivity index (χ2v) is 8.67. The molecular weight excluding hydrogens is 368 g/mol. The van der Waals surface area contributed by atoms with Crippen LogP contribution in [0.4, 0.5) is 0 Å². The maximum atomic E-state index is 13.0. The average Bonchev–Trinajstić information content (AvgIpc) is 2.75. The number of aromatic nitrogens is 1. The number of pyridine rings is 1. The van der Waals surface area contributed by atoms with Crippen LogP contribution in [-0.2, 0) is 14.6 Å². The van der Waals surface area contributed by atoms with Gasteiger partial charge in [-0.3, -0.25) is 4.98 Å². The summed E-state index contributed by atoms with van der Waals surface area (Å²) in [7, 11) is -2.06. The van der Waals surface area contributed by atoms with Gasteiger partial charge in [0.25, 0.3) is 0 Å². The second kappa shape index (κ2) is 8.24. The van der Waals surface area contributed by atoms with E-state index in [-0.39, 0.29) is 24.0 Å². The van der Waals surface area contributed by atoms with Crippen molar-refractivity contribution in [3.63, 3.8) is 0 Å². The highest BCUT2D eigenvalue weighted by Gasteiger charge is 2.40. The summed E-state index contributed by atoms with van der Waals surface area (Å²) in [4.78, 5) is 4.05. The first-order valence-corrected chi connectivity index (χ1v) is 10.2. The molecular formula is C19H24N2O5S. The number of hydrogen-bond donors (Lipinski definition) is 0. The third-order valence-electron chi connectivity index (χ3n) is 4.13. The molecule has 146 valence electrons. The molecule has 7 nitrogen and oxygen atoms in total. The Morgan fingerprint density at radius 1 is 1.30 bits per heavy atom. The van der Waals surface area contributed by atoms with Crippen LogP contribution in [0.3, 0.4) is 0 Å². The van der Waals surface area contributed by atoms with Crippen LogP contribution in [-0.4, -0.2) is 46.8 Å². The van der Waals surface area contributed by atoms with Gasteiger partial charge < -0.3 is 18.8 Å². The van der Waals surface area contributed by atoms with Crippen LogP contribution in [0.25, 0.3) is 0 Å².